The highest BCUT2D eigenvalue weighted by molar-refractivity contribution is 7.09. The first-order valence-electron chi connectivity index (χ1n) is 10.2. The number of rotatable bonds is 1. The monoisotopic (exact) mass is 396 g/mol. The zero-order valence-electron chi connectivity index (χ0n) is 17.7. The van der Waals surface area contributed by atoms with Gasteiger partial charge in [-0.3, -0.25) is 0 Å². The van der Waals surface area contributed by atoms with Crippen molar-refractivity contribution in [1.82, 2.24) is 0 Å². The number of hydrogen-bond acceptors (Lipinski definition) is 1. The molecule has 0 aliphatic heterocycles. The van der Waals surface area contributed by atoms with Crippen LogP contribution in [-0.4, -0.2) is 0 Å². The van der Waals surface area contributed by atoms with Crippen LogP contribution in [0.2, 0.25) is 0 Å². The molecule has 0 radical (unpaired) electrons. The van der Waals surface area contributed by atoms with Crippen molar-refractivity contribution in [2.24, 2.45) is 7.05 Å². The van der Waals surface area contributed by atoms with E-state index < -0.39 is 0 Å². The first-order valence-corrected chi connectivity index (χ1v) is 11.1. The number of benzene rings is 3. The fraction of sp³-hybridized carbons (Fsp3) is 0.222. The zero-order valence-corrected chi connectivity index (χ0v) is 18.5. The van der Waals surface area contributed by atoms with Gasteiger partial charge in [0.25, 0.3) is 0 Å². The highest BCUT2D eigenvalue weighted by Gasteiger charge is 2.23. The number of thiophene rings is 1. The van der Waals surface area contributed by atoms with Crippen LogP contribution < -0.4 is 4.57 Å². The fourth-order valence-corrected chi connectivity index (χ4v) is 5.26. The predicted octanol–water partition coefficient (Wildman–Crippen LogP) is 7.31. The molecule has 0 bridgehead atoms. The standard InChI is InChI=1S/C27H26NS/c1-17-22-8-6-7-9-23(22)25(27(2,3)4)13-24(17)26-12-18-10-20-15-29-16-21(20)11-19(18)14-28(26)5/h6-16H,1-5H3/q+1. The van der Waals surface area contributed by atoms with Crippen molar-refractivity contribution in [3.8, 4) is 11.3 Å². The minimum atomic E-state index is 0.0836. The Kier molecular flexibility index (Phi) is 4.04. The van der Waals surface area contributed by atoms with Crippen LogP contribution in [0.4, 0.5) is 0 Å². The van der Waals surface area contributed by atoms with Crippen LogP contribution in [0.25, 0.3) is 43.6 Å². The maximum atomic E-state index is 2.42. The lowest BCUT2D eigenvalue weighted by molar-refractivity contribution is -0.659. The molecule has 29 heavy (non-hydrogen) atoms. The van der Waals surface area contributed by atoms with Gasteiger partial charge in [-0.25, -0.2) is 4.57 Å². The third kappa shape index (κ3) is 2.94. The third-order valence-corrected chi connectivity index (χ3v) is 6.86. The molecule has 0 spiro atoms. The molecule has 0 amide bonds. The molecule has 144 valence electrons. The Balaban J connectivity index is 1.85. The second-order valence-corrected chi connectivity index (χ2v) is 9.89. The quantitative estimate of drug-likeness (QED) is 0.262. The summed E-state index contributed by atoms with van der Waals surface area (Å²) in [6.07, 6.45) is 2.27. The molecule has 2 heteroatoms. The van der Waals surface area contributed by atoms with Gasteiger partial charge in [0, 0.05) is 17.0 Å². The number of pyridine rings is 1. The summed E-state index contributed by atoms with van der Waals surface area (Å²) in [6, 6.07) is 18.2. The first kappa shape index (κ1) is 18.3. The van der Waals surface area contributed by atoms with Gasteiger partial charge in [0.2, 0.25) is 5.69 Å². The van der Waals surface area contributed by atoms with Gasteiger partial charge >= 0.3 is 0 Å². The molecule has 0 N–H and O–H groups in total. The van der Waals surface area contributed by atoms with Crippen molar-refractivity contribution in [1.29, 1.82) is 0 Å². The third-order valence-electron chi connectivity index (χ3n) is 6.08. The van der Waals surface area contributed by atoms with Crippen LogP contribution in [0, 0.1) is 6.92 Å². The predicted molar refractivity (Wildman–Crippen MR) is 127 cm³/mol. The molecule has 0 saturated carbocycles. The molecule has 5 rings (SSSR count). The van der Waals surface area contributed by atoms with Gasteiger partial charge in [-0.1, -0.05) is 45.0 Å². The number of fused-ring (bicyclic) bond motifs is 3. The van der Waals surface area contributed by atoms with E-state index in [2.05, 4.69) is 105 Å². The molecule has 0 unspecified atom stereocenters. The van der Waals surface area contributed by atoms with Crippen molar-refractivity contribution in [2.45, 2.75) is 33.1 Å². The Morgan fingerprint density at radius 2 is 1.45 bits per heavy atom. The maximum absolute atomic E-state index is 2.42. The molecule has 1 nitrogen and oxygen atoms in total. The molecule has 0 aliphatic rings. The van der Waals surface area contributed by atoms with E-state index in [1.807, 2.05) is 0 Å². The summed E-state index contributed by atoms with van der Waals surface area (Å²) in [6.45, 7) is 9.18. The van der Waals surface area contributed by atoms with E-state index in [9.17, 15) is 0 Å². The summed E-state index contributed by atoms with van der Waals surface area (Å²) in [5.74, 6) is 0. The van der Waals surface area contributed by atoms with Crippen LogP contribution >= 0.6 is 11.3 Å². The van der Waals surface area contributed by atoms with E-state index in [0.29, 0.717) is 0 Å². The number of aromatic nitrogens is 1. The largest absolute Gasteiger partial charge is 0.213 e. The Morgan fingerprint density at radius 3 is 2.14 bits per heavy atom. The van der Waals surface area contributed by atoms with E-state index in [1.165, 1.54) is 54.7 Å². The Labute approximate surface area is 176 Å². The van der Waals surface area contributed by atoms with Crippen molar-refractivity contribution < 1.29 is 4.57 Å². The average Bonchev–Trinajstić information content (AvgIpc) is 3.13. The molecule has 3 aromatic carbocycles. The summed E-state index contributed by atoms with van der Waals surface area (Å²) in [4.78, 5) is 0. The second-order valence-electron chi connectivity index (χ2n) is 9.14. The Bertz CT molecular complexity index is 1400. The van der Waals surface area contributed by atoms with Crippen LogP contribution in [0.5, 0.6) is 0 Å². The zero-order chi connectivity index (χ0) is 20.3. The van der Waals surface area contributed by atoms with Crippen LogP contribution in [0.15, 0.2) is 65.5 Å². The molecule has 0 fully saturated rings. The van der Waals surface area contributed by atoms with E-state index in [0.717, 1.165) is 0 Å². The lowest BCUT2D eigenvalue weighted by Crippen LogP contribution is -2.30. The molecule has 2 heterocycles. The lowest BCUT2D eigenvalue weighted by Gasteiger charge is -2.24. The molecule has 0 atom stereocenters. The van der Waals surface area contributed by atoms with Gasteiger partial charge in [0.05, 0.1) is 0 Å². The average molecular weight is 397 g/mol. The van der Waals surface area contributed by atoms with E-state index in [-0.39, 0.29) is 5.41 Å². The Hall–Kier alpha value is -2.71. The molecule has 0 saturated heterocycles. The van der Waals surface area contributed by atoms with E-state index in [1.54, 1.807) is 11.3 Å². The minimum absolute atomic E-state index is 0.0836. The van der Waals surface area contributed by atoms with Gasteiger partial charge in [-0.05, 0) is 79.4 Å². The second kappa shape index (κ2) is 6.40. The van der Waals surface area contributed by atoms with Gasteiger partial charge in [0.15, 0.2) is 6.20 Å². The number of nitrogens with zero attached hydrogens (tertiary/aromatic N) is 1. The summed E-state index contributed by atoms with van der Waals surface area (Å²) < 4.78 is 2.28. The number of aryl methyl sites for hydroxylation is 2. The fourth-order valence-electron chi connectivity index (χ4n) is 4.49. The normalized spacial score (nSPS) is 12.3. The molecule has 0 aliphatic carbocycles. The number of hydrogen-bond donors (Lipinski definition) is 0. The van der Waals surface area contributed by atoms with Crippen molar-refractivity contribution in [2.75, 3.05) is 0 Å². The van der Waals surface area contributed by atoms with Crippen molar-refractivity contribution >= 4 is 43.7 Å². The minimum Gasteiger partial charge on any atom is -0.200 e. The van der Waals surface area contributed by atoms with Crippen LogP contribution in [0.3, 0.4) is 0 Å². The summed E-state index contributed by atoms with van der Waals surface area (Å²) in [5.41, 5.74) is 5.42. The lowest BCUT2D eigenvalue weighted by atomic mass is 9.80. The van der Waals surface area contributed by atoms with E-state index in [4.69, 9.17) is 0 Å². The maximum Gasteiger partial charge on any atom is 0.213 e. The molecule has 5 aromatic rings. The SMILES string of the molecule is Cc1c(-c2cc3cc4cscc4cc3c[n+]2C)cc(C(C)(C)C)c2ccccc12. The van der Waals surface area contributed by atoms with Gasteiger partial charge < -0.3 is 0 Å². The summed E-state index contributed by atoms with van der Waals surface area (Å²) >= 11 is 1.77. The topological polar surface area (TPSA) is 3.88 Å². The smallest absolute Gasteiger partial charge is 0.200 e. The van der Waals surface area contributed by atoms with Gasteiger partial charge in [0.1, 0.15) is 7.05 Å². The van der Waals surface area contributed by atoms with Crippen LogP contribution in [-0.2, 0) is 12.5 Å². The highest BCUT2D eigenvalue weighted by atomic mass is 32.1. The van der Waals surface area contributed by atoms with Gasteiger partial charge in [-0.15, -0.1) is 0 Å². The molecular formula is C27H26NS+. The molecule has 2 aromatic heterocycles. The molecular weight excluding hydrogens is 370 g/mol. The summed E-state index contributed by atoms with van der Waals surface area (Å²) in [5, 5.41) is 12.4. The van der Waals surface area contributed by atoms with Crippen molar-refractivity contribution in [3.05, 3.63) is 76.6 Å². The first-order chi connectivity index (χ1) is 13.8. The Morgan fingerprint density at radius 1 is 0.793 bits per heavy atom. The summed E-state index contributed by atoms with van der Waals surface area (Å²) in [7, 11) is 2.16. The highest BCUT2D eigenvalue weighted by Crippen LogP contribution is 2.37. The van der Waals surface area contributed by atoms with Gasteiger partial charge in [-0.2, -0.15) is 11.3 Å². The van der Waals surface area contributed by atoms with E-state index >= 15 is 0 Å². The van der Waals surface area contributed by atoms with Crippen LogP contribution in [0.1, 0.15) is 31.9 Å². The van der Waals surface area contributed by atoms with Crippen molar-refractivity contribution in [3.63, 3.8) is 0 Å².